The van der Waals surface area contributed by atoms with Gasteiger partial charge < -0.3 is 16.0 Å². The van der Waals surface area contributed by atoms with Gasteiger partial charge in [-0.15, -0.1) is 0 Å². The fourth-order valence-electron chi connectivity index (χ4n) is 3.69. The van der Waals surface area contributed by atoms with Gasteiger partial charge in [0.1, 0.15) is 0 Å². The Kier molecular flexibility index (Phi) is 4.22. The predicted molar refractivity (Wildman–Crippen MR) is 86.0 cm³/mol. The molecule has 2 fully saturated rings. The molecule has 0 aromatic carbocycles. The van der Waals surface area contributed by atoms with Gasteiger partial charge in [-0.05, 0) is 29.6 Å². The van der Waals surface area contributed by atoms with Gasteiger partial charge in [0.25, 0.3) is 0 Å². The first-order chi connectivity index (χ1) is 9.70. The van der Waals surface area contributed by atoms with Gasteiger partial charge in [-0.25, -0.2) is 0 Å². The second kappa shape index (κ2) is 5.50. The van der Waals surface area contributed by atoms with Crippen molar-refractivity contribution in [3.8, 4) is 0 Å². The van der Waals surface area contributed by atoms with Crippen molar-refractivity contribution in [1.82, 2.24) is 10.2 Å². The van der Waals surface area contributed by atoms with Crippen LogP contribution in [0.1, 0.15) is 47.0 Å². The van der Waals surface area contributed by atoms with Crippen LogP contribution in [0.25, 0.3) is 0 Å². The van der Waals surface area contributed by atoms with Crippen LogP contribution in [0.15, 0.2) is 4.99 Å². The third-order valence-electron chi connectivity index (χ3n) is 5.81. The predicted octanol–water partition coefficient (Wildman–Crippen LogP) is 1.58. The Balaban J connectivity index is 1.97. The number of aliphatic imine (C=N–C) groups is 1. The summed E-state index contributed by atoms with van der Waals surface area (Å²) in [5.74, 6) is 1.12. The molecule has 1 heterocycles. The minimum absolute atomic E-state index is 0.200. The Morgan fingerprint density at radius 1 is 1.33 bits per heavy atom. The number of amides is 1. The lowest BCUT2D eigenvalue weighted by atomic mass is 9.95. The molecule has 1 aliphatic carbocycles. The number of likely N-dealkylation sites (tertiary alicyclic amines) is 1. The van der Waals surface area contributed by atoms with E-state index in [0.717, 1.165) is 31.9 Å². The second-order valence-electron chi connectivity index (χ2n) is 7.69. The monoisotopic (exact) mass is 294 g/mol. The molecule has 1 unspecified atom stereocenters. The van der Waals surface area contributed by atoms with Crippen molar-refractivity contribution in [3.63, 3.8) is 0 Å². The van der Waals surface area contributed by atoms with Crippen molar-refractivity contribution in [3.05, 3.63) is 0 Å². The number of carbonyl (C=O) groups is 1. The number of carbonyl (C=O) groups excluding carboxylic acids is 1. The highest BCUT2D eigenvalue weighted by molar-refractivity contribution is 5.81. The minimum atomic E-state index is -0.200. The van der Waals surface area contributed by atoms with Crippen molar-refractivity contribution >= 4 is 11.9 Å². The van der Waals surface area contributed by atoms with E-state index in [0.29, 0.717) is 18.4 Å². The number of piperidine rings is 1. The van der Waals surface area contributed by atoms with E-state index in [9.17, 15) is 4.79 Å². The highest BCUT2D eigenvalue weighted by atomic mass is 16.1. The summed E-state index contributed by atoms with van der Waals surface area (Å²) in [5.41, 5.74) is 5.90. The molecule has 3 N–H and O–H groups in total. The Morgan fingerprint density at radius 3 is 2.43 bits per heavy atom. The van der Waals surface area contributed by atoms with Gasteiger partial charge in [0.15, 0.2) is 5.96 Å². The quantitative estimate of drug-likeness (QED) is 0.613. The Hall–Kier alpha value is -1.26. The number of nitrogens with one attached hydrogen (secondary N) is 1. The van der Waals surface area contributed by atoms with Gasteiger partial charge >= 0.3 is 0 Å². The van der Waals surface area contributed by atoms with Crippen LogP contribution < -0.4 is 11.1 Å². The summed E-state index contributed by atoms with van der Waals surface area (Å²) in [4.78, 5) is 17.9. The second-order valence-corrected chi connectivity index (χ2v) is 7.69. The van der Waals surface area contributed by atoms with E-state index in [-0.39, 0.29) is 16.7 Å². The molecule has 0 aromatic heterocycles. The van der Waals surface area contributed by atoms with E-state index in [1.165, 1.54) is 0 Å². The van der Waals surface area contributed by atoms with Gasteiger partial charge in [0.05, 0.1) is 0 Å². The summed E-state index contributed by atoms with van der Waals surface area (Å²) in [7, 11) is 1.84. The standard InChI is InChI=1S/C16H30N4O/c1-15(2)13(16(15,3)4)19-14(18-5)20-8-6-7-11(10-20)9-12(17)21/h11,13H,6-10H2,1-5H3,(H2,17,21)(H,18,19). The first-order valence-corrected chi connectivity index (χ1v) is 7.96. The Bertz CT molecular complexity index is 428. The molecule has 1 saturated carbocycles. The van der Waals surface area contributed by atoms with Crippen molar-refractivity contribution in [2.75, 3.05) is 20.1 Å². The molecule has 0 aromatic rings. The fraction of sp³-hybridized carbons (Fsp3) is 0.875. The fourth-order valence-corrected chi connectivity index (χ4v) is 3.69. The number of guanidine groups is 1. The number of nitrogens with zero attached hydrogens (tertiary/aromatic N) is 2. The summed E-state index contributed by atoms with van der Waals surface area (Å²) < 4.78 is 0. The smallest absolute Gasteiger partial charge is 0.217 e. The summed E-state index contributed by atoms with van der Waals surface area (Å²) in [5, 5.41) is 3.62. The van der Waals surface area contributed by atoms with Crippen LogP contribution in [0, 0.1) is 16.7 Å². The molecule has 120 valence electrons. The van der Waals surface area contributed by atoms with Gasteiger partial charge in [-0.2, -0.15) is 0 Å². The first-order valence-electron chi connectivity index (χ1n) is 7.96. The molecule has 5 heteroatoms. The van der Waals surface area contributed by atoms with Crippen molar-refractivity contribution in [2.24, 2.45) is 27.5 Å². The van der Waals surface area contributed by atoms with Gasteiger partial charge in [0.2, 0.25) is 5.91 Å². The lowest BCUT2D eigenvalue weighted by molar-refractivity contribution is -0.119. The van der Waals surface area contributed by atoms with Crippen LogP contribution in [0.2, 0.25) is 0 Å². The average molecular weight is 294 g/mol. The van der Waals surface area contributed by atoms with E-state index >= 15 is 0 Å². The molecule has 1 amide bonds. The van der Waals surface area contributed by atoms with E-state index < -0.39 is 0 Å². The third-order valence-corrected chi connectivity index (χ3v) is 5.81. The van der Waals surface area contributed by atoms with Crippen molar-refractivity contribution in [1.29, 1.82) is 0 Å². The topological polar surface area (TPSA) is 70.7 Å². The van der Waals surface area contributed by atoms with Gasteiger partial charge in [-0.1, -0.05) is 27.7 Å². The van der Waals surface area contributed by atoms with Gasteiger partial charge in [0, 0.05) is 32.6 Å². The van der Waals surface area contributed by atoms with Crippen LogP contribution in [-0.2, 0) is 4.79 Å². The van der Waals surface area contributed by atoms with Crippen LogP contribution in [0.3, 0.4) is 0 Å². The lowest BCUT2D eigenvalue weighted by Gasteiger charge is -2.35. The maximum atomic E-state index is 11.1. The summed E-state index contributed by atoms with van der Waals surface area (Å²) in [6.07, 6.45) is 2.65. The van der Waals surface area contributed by atoms with Crippen LogP contribution >= 0.6 is 0 Å². The zero-order chi connectivity index (χ0) is 15.8. The number of hydrogen-bond donors (Lipinski definition) is 2. The summed E-state index contributed by atoms with van der Waals surface area (Å²) in [6.45, 7) is 11.1. The van der Waals surface area contributed by atoms with E-state index in [4.69, 9.17) is 5.73 Å². The Labute approximate surface area is 128 Å². The number of nitrogens with two attached hydrogens (primary N) is 1. The molecular weight excluding hydrogens is 264 g/mol. The molecule has 2 rings (SSSR count). The normalized spacial score (nSPS) is 28.3. The molecule has 1 aliphatic heterocycles. The van der Waals surface area contributed by atoms with E-state index in [2.05, 4.69) is 42.9 Å². The van der Waals surface area contributed by atoms with Crippen LogP contribution in [-0.4, -0.2) is 42.9 Å². The zero-order valence-electron chi connectivity index (χ0n) is 14.1. The maximum Gasteiger partial charge on any atom is 0.217 e. The zero-order valence-corrected chi connectivity index (χ0v) is 14.1. The van der Waals surface area contributed by atoms with Crippen molar-refractivity contribution < 1.29 is 4.79 Å². The molecule has 5 nitrogen and oxygen atoms in total. The van der Waals surface area contributed by atoms with Gasteiger partial charge in [-0.3, -0.25) is 9.79 Å². The molecular formula is C16H30N4O. The number of primary amides is 1. The van der Waals surface area contributed by atoms with E-state index in [1.807, 2.05) is 7.05 Å². The lowest BCUT2D eigenvalue weighted by Crippen LogP contribution is -2.48. The van der Waals surface area contributed by atoms with Crippen LogP contribution in [0.5, 0.6) is 0 Å². The summed E-state index contributed by atoms with van der Waals surface area (Å²) >= 11 is 0. The number of hydrogen-bond acceptors (Lipinski definition) is 2. The molecule has 1 atom stereocenters. The Morgan fingerprint density at radius 2 is 1.95 bits per heavy atom. The van der Waals surface area contributed by atoms with Crippen LogP contribution in [0.4, 0.5) is 0 Å². The molecule has 0 radical (unpaired) electrons. The molecule has 0 spiro atoms. The largest absolute Gasteiger partial charge is 0.370 e. The maximum absolute atomic E-state index is 11.1. The summed E-state index contributed by atoms with van der Waals surface area (Å²) in [6, 6.07) is 0.445. The minimum Gasteiger partial charge on any atom is -0.370 e. The molecule has 21 heavy (non-hydrogen) atoms. The van der Waals surface area contributed by atoms with E-state index in [1.54, 1.807) is 0 Å². The highest BCUT2D eigenvalue weighted by Crippen LogP contribution is 2.62. The SMILES string of the molecule is CN=C(NC1C(C)(C)C1(C)C)N1CCCC(CC(N)=O)C1. The first kappa shape index (κ1) is 16.1. The molecule has 0 bridgehead atoms. The third kappa shape index (κ3) is 3.01. The molecule has 1 saturated heterocycles. The molecule has 2 aliphatic rings. The number of rotatable bonds is 3. The average Bonchev–Trinajstić information content (AvgIpc) is 2.76. The van der Waals surface area contributed by atoms with Crippen molar-refractivity contribution in [2.45, 2.75) is 53.0 Å². The highest BCUT2D eigenvalue weighted by Gasteiger charge is 2.65.